The van der Waals surface area contributed by atoms with Gasteiger partial charge in [0.05, 0.1) is 12.1 Å². The highest BCUT2D eigenvalue weighted by Gasteiger charge is 2.45. The first-order valence-electron chi connectivity index (χ1n) is 5.92. The van der Waals surface area contributed by atoms with Crippen LogP contribution in [0.5, 0.6) is 0 Å². The highest BCUT2D eigenvalue weighted by Crippen LogP contribution is 2.51. The van der Waals surface area contributed by atoms with Crippen molar-refractivity contribution in [3.63, 3.8) is 0 Å². The van der Waals surface area contributed by atoms with Gasteiger partial charge in [0, 0.05) is 11.9 Å². The molecular weight excluding hydrogens is 236 g/mol. The Bertz CT molecular complexity index is 410. The summed E-state index contributed by atoms with van der Waals surface area (Å²) in [5.41, 5.74) is 1.08. The van der Waals surface area contributed by atoms with Crippen LogP contribution in [0, 0.1) is 11.3 Å². The lowest BCUT2D eigenvalue weighted by atomic mass is 9.92. The summed E-state index contributed by atoms with van der Waals surface area (Å²) in [7, 11) is 0. The molecule has 1 heterocycles. The van der Waals surface area contributed by atoms with Gasteiger partial charge in [0.15, 0.2) is 5.13 Å². The number of nitrogens with zero attached hydrogens (tertiary/aromatic N) is 1. The van der Waals surface area contributed by atoms with Crippen molar-refractivity contribution in [1.82, 2.24) is 4.98 Å². The van der Waals surface area contributed by atoms with Gasteiger partial charge in [-0.3, -0.25) is 4.79 Å². The third-order valence-corrected chi connectivity index (χ3v) is 4.44. The molecule has 0 unspecified atom stereocenters. The van der Waals surface area contributed by atoms with Crippen LogP contribution in [0.2, 0.25) is 0 Å². The van der Waals surface area contributed by atoms with E-state index < -0.39 is 5.97 Å². The maximum absolute atomic E-state index is 10.5. The molecule has 0 bridgehead atoms. The van der Waals surface area contributed by atoms with Gasteiger partial charge in [0.2, 0.25) is 0 Å². The molecule has 2 rings (SSSR count). The molecule has 94 valence electrons. The molecule has 0 saturated heterocycles. The quantitative estimate of drug-likeness (QED) is 0.819. The fourth-order valence-electron chi connectivity index (χ4n) is 1.99. The van der Waals surface area contributed by atoms with Gasteiger partial charge in [-0.15, -0.1) is 11.3 Å². The minimum Gasteiger partial charge on any atom is -0.481 e. The summed E-state index contributed by atoms with van der Waals surface area (Å²) >= 11 is 1.49. The summed E-state index contributed by atoms with van der Waals surface area (Å²) in [6.45, 7) is 5.46. The van der Waals surface area contributed by atoms with E-state index in [1.165, 1.54) is 24.2 Å². The molecule has 5 heteroatoms. The Kier molecular flexibility index (Phi) is 3.38. The van der Waals surface area contributed by atoms with Gasteiger partial charge < -0.3 is 10.4 Å². The smallest absolute Gasteiger partial charge is 0.309 e. The number of hydrogen-bond acceptors (Lipinski definition) is 4. The molecule has 0 radical (unpaired) electrons. The van der Waals surface area contributed by atoms with Crippen molar-refractivity contribution < 1.29 is 9.90 Å². The maximum Gasteiger partial charge on any atom is 0.309 e. The molecule has 1 aromatic heterocycles. The molecule has 2 N–H and O–H groups in total. The summed E-state index contributed by atoms with van der Waals surface area (Å²) in [6, 6.07) is 0. The minimum absolute atomic E-state index is 0.00744. The molecule has 1 saturated carbocycles. The van der Waals surface area contributed by atoms with E-state index in [1.54, 1.807) is 0 Å². The number of carboxylic acids is 1. The van der Waals surface area contributed by atoms with Crippen LogP contribution in [0.25, 0.3) is 0 Å². The van der Waals surface area contributed by atoms with Crippen LogP contribution in [-0.4, -0.2) is 22.6 Å². The number of anilines is 1. The van der Waals surface area contributed by atoms with Crippen LogP contribution >= 0.6 is 11.3 Å². The third-order valence-electron chi connectivity index (χ3n) is 3.59. The van der Waals surface area contributed by atoms with Crippen molar-refractivity contribution in [1.29, 1.82) is 0 Å². The van der Waals surface area contributed by atoms with Gasteiger partial charge in [-0.2, -0.15) is 0 Å². The molecule has 1 aliphatic carbocycles. The van der Waals surface area contributed by atoms with Gasteiger partial charge in [0.25, 0.3) is 0 Å². The molecule has 0 atom stereocenters. The molecule has 1 aliphatic rings. The highest BCUT2D eigenvalue weighted by atomic mass is 32.1. The van der Waals surface area contributed by atoms with Gasteiger partial charge >= 0.3 is 5.97 Å². The Hall–Kier alpha value is -1.10. The van der Waals surface area contributed by atoms with Crippen molar-refractivity contribution >= 4 is 22.4 Å². The Morgan fingerprint density at radius 2 is 2.35 bits per heavy atom. The Morgan fingerprint density at radius 3 is 2.88 bits per heavy atom. The summed E-state index contributed by atoms with van der Waals surface area (Å²) in [6.07, 6.45) is 2.57. The van der Waals surface area contributed by atoms with Crippen molar-refractivity contribution in [2.45, 2.75) is 33.1 Å². The van der Waals surface area contributed by atoms with Crippen molar-refractivity contribution in [2.75, 3.05) is 11.9 Å². The molecule has 17 heavy (non-hydrogen) atoms. The first kappa shape index (κ1) is 12.4. The Balaban J connectivity index is 1.87. The summed E-state index contributed by atoms with van der Waals surface area (Å²) in [4.78, 5) is 14.8. The first-order chi connectivity index (χ1) is 8.02. The molecule has 0 aromatic carbocycles. The average molecular weight is 254 g/mol. The zero-order valence-corrected chi connectivity index (χ0v) is 11.0. The van der Waals surface area contributed by atoms with E-state index >= 15 is 0 Å². The zero-order chi connectivity index (χ0) is 12.5. The molecule has 0 aliphatic heterocycles. The van der Waals surface area contributed by atoms with Crippen LogP contribution in [0.1, 0.15) is 32.4 Å². The van der Waals surface area contributed by atoms with E-state index in [4.69, 9.17) is 5.11 Å². The van der Waals surface area contributed by atoms with Crippen molar-refractivity contribution in [3.05, 3.63) is 11.1 Å². The average Bonchev–Trinajstić information content (AvgIpc) is 2.92. The number of carboxylic acid groups (broad SMARTS) is 1. The monoisotopic (exact) mass is 254 g/mol. The van der Waals surface area contributed by atoms with Gasteiger partial charge in [0.1, 0.15) is 0 Å². The van der Waals surface area contributed by atoms with E-state index in [0.29, 0.717) is 17.0 Å². The lowest BCUT2D eigenvalue weighted by molar-refractivity contribution is -0.136. The van der Waals surface area contributed by atoms with Crippen LogP contribution in [0.4, 0.5) is 5.13 Å². The number of hydrogen-bond donors (Lipinski definition) is 2. The van der Waals surface area contributed by atoms with Crippen LogP contribution in [-0.2, 0) is 11.2 Å². The lowest BCUT2D eigenvalue weighted by Crippen LogP contribution is -2.20. The van der Waals surface area contributed by atoms with E-state index in [1.807, 2.05) is 5.38 Å². The van der Waals surface area contributed by atoms with Gasteiger partial charge in [-0.1, -0.05) is 13.8 Å². The SMILES string of the molecule is CC(C)C1(CNc2nc(CC(=O)O)cs2)CC1. The van der Waals surface area contributed by atoms with E-state index in [0.717, 1.165) is 11.7 Å². The summed E-state index contributed by atoms with van der Waals surface area (Å²) in [5, 5.41) is 14.7. The molecule has 1 fully saturated rings. The largest absolute Gasteiger partial charge is 0.481 e. The predicted molar refractivity (Wildman–Crippen MR) is 68.4 cm³/mol. The second-order valence-corrected chi connectivity index (χ2v) is 5.94. The van der Waals surface area contributed by atoms with Crippen molar-refractivity contribution in [2.24, 2.45) is 11.3 Å². The normalized spacial score (nSPS) is 17.1. The van der Waals surface area contributed by atoms with Gasteiger partial charge in [-0.05, 0) is 24.2 Å². The van der Waals surface area contributed by atoms with E-state index in [2.05, 4.69) is 24.1 Å². The minimum atomic E-state index is -0.831. The fraction of sp³-hybridized carbons (Fsp3) is 0.667. The number of aliphatic carboxylic acids is 1. The Labute approximate surface area is 105 Å². The van der Waals surface area contributed by atoms with Crippen molar-refractivity contribution in [3.8, 4) is 0 Å². The number of rotatable bonds is 6. The number of carbonyl (C=O) groups is 1. The third kappa shape index (κ3) is 2.97. The van der Waals surface area contributed by atoms with Crippen LogP contribution in [0.3, 0.4) is 0 Å². The number of nitrogens with one attached hydrogen (secondary N) is 1. The number of thiazole rings is 1. The standard InChI is InChI=1S/C12H18N2O2S/c1-8(2)12(3-4-12)7-13-11-14-9(6-17-11)5-10(15)16/h6,8H,3-5,7H2,1-2H3,(H,13,14)(H,15,16). The number of aromatic nitrogens is 1. The second kappa shape index (κ2) is 4.64. The van der Waals surface area contributed by atoms with Gasteiger partial charge in [-0.25, -0.2) is 4.98 Å². The molecule has 0 spiro atoms. The van der Waals surface area contributed by atoms with E-state index in [-0.39, 0.29) is 6.42 Å². The lowest BCUT2D eigenvalue weighted by Gasteiger charge is -2.19. The zero-order valence-electron chi connectivity index (χ0n) is 10.2. The summed E-state index contributed by atoms with van der Waals surface area (Å²) in [5.74, 6) is -0.142. The maximum atomic E-state index is 10.5. The Morgan fingerprint density at radius 1 is 1.65 bits per heavy atom. The predicted octanol–water partition coefficient (Wildman–Crippen LogP) is 2.62. The topological polar surface area (TPSA) is 62.2 Å². The molecule has 4 nitrogen and oxygen atoms in total. The highest BCUT2D eigenvalue weighted by molar-refractivity contribution is 7.13. The van der Waals surface area contributed by atoms with Crippen LogP contribution < -0.4 is 5.32 Å². The summed E-state index contributed by atoms with van der Waals surface area (Å²) < 4.78 is 0. The molecular formula is C12H18N2O2S. The van der Waals surface area contributed by atoms with Crippen LogP contribution in [0.15, 0.2) is 5.38 Å². The fourth-order valence-corrected chi connectivity index (χ4v) is 2.70. The molecule has 1 aromatic rings. The van der Waals surface area contributed by atoms with E-state index in [9.17, 15) is 4.79 Å². The first-order valence-corrected chi connectivity index (χ1v) is 6.80. The second-order valence-electron chi connectivity index (χ2n) is 5.09. The molecule has 0 amide bonds.